The van der Waals surface area contributed by atoms with Gasteiger partial charge in [-0.25, -0.2) is 4.98 Å². The summed E-state index contributed by atoms with van der Waals surface area (Å²) in [7, 11) is 4.12. The molecule has 3 aliphatic heterocycles. The quantitative estimate of drug-likeness (QED) is 0.0907. The molecule has 3 amide bonds. The maximum absolute atomic E-state index is 13.3. The van der Waals surface area contributed by atoms with E-state index in [1.807, 2.05) is 101 Å². The van der Waals surface area contributed by atoms with Gasteiger partial charge < -0.3 is 41.7 Å². The monoisotopic (exact) mass is 901 g/mol. The summed E-state index contributed by atoms with van der Waals surface area (Å²) in [5.41, 5.74) is 8.66. The molecular weight excluding hydrogens is 845 g/mol. The van der Waals surface area contributed by atoms with Gasteiger partial charge in [0.15, 0.2) is 17.2 Å². The van der Waals surface area contributed by atoms with Crippen LogP contribution in [-0.2, 0) is 22.4 Å². The Kier molecular flexibility index (Phi) is 12.4. The van der Waals surface area contributed by atoms with Gasteiger partial charge in [0.25, 0.3) is 5.91 Å². The lowest BCUT2D eigenvalue weighted by molar-refractivity contribution is -0.628. The number of amides is 3. The number of anilines is 9. The number of aryl methyl sites for hydroxylation is 2. The zero-order valence-electron chi connectivity index (χ0n) is 38.0. The first-order valence-electron chi connectivity index (χ1n) is 23.4. The van der Waals surface area contributed by atoms with Crippen molar-refractivity contribution >= 4 is 74.9 Å². The summed E-state index contributed by atoms with van der Waals surface area (Å²) in [6.45, 7) is 1.50. The van der Waals surface area contributed by atoms with Gasteiger partial charge in [0, 0.05) is 106 Å². The van der Waals surface area contributed by atoms with Gasteiger partial charge in [-0.3, -0.25) is 14.4 Å². The maximum atomic E-state index is 13.3. The van der Waals surface area contributed by atoms with E-state index in [-0.39, 0.29) is 17.7 Å². The van der Waals surface area contributed by atoms with E-state index >= 15 is 0 Å². The second kappa shape index (κ2) is 19.1. The van der Waals surface area contributed by atoms with Gasteiger partial charge in [-0.15, -0.1) is 4.52 Å². The molecule has 11 rings (SSSR count). The Hall–Kier alpha value is -7.53. The minimum Gasteiger partial charge on any atom is -0.363 e. The molecule has 17 heteroatoms. The van der Waals surface area contributed by atoms with Crippen molar-refractivity contribution in [3.8, 4) is 0 Å². The average molecular weight is 902 g/mol. The van der Waals surface area contributed by atoms with Gasteiger partial charge >= 0.3 is 0 Å². The van der Waals surface area contributed by atoms with E-state index in [1.165, 1.54) is 12.8 Å². The predicted octanol–water partition coefficient (Wildman–Crippen LogP) is 7.56. The second-order valence-electron chi connectivity index (χ2n) is 18.1. The summed E-state index contributed by atoms with van der Waals surface area (Å²) in [5, 5.41) is 29.1. The molecule has 2 fully saturated rings. The highest BCUT2D eigenvalue weighted by atomic mass is 16.2. The van der Waals surface area contributed by atoms with Crippen molar-refractivity contribution in [2.75, 3.05) is 59.1 Å². The fraction of sp³-hybridized carbons (Fsp3) is 0.340. The summed E-state index contributed by atoms with van der Waals surface area (Å²) in [6, 6.07) is 28.0. The first-order chi connectivity index (χ1) is 32.7. The first kappa shape index (κ1) is 43.4. The largest absolute Gasteiger partial charge is 0.363 e. The third kappa shape index (κ3) is 10.3. The third-order valence-electron chi connectivity index (χ3n) is 12.7. The van der Waals surface area contributed by atoms with Gasteiger partial charge in [0.2, 0.25) is 18.0 Å². The summed E-state index contributed by atoms with van der Waals surface area (Å²) in [6.07, 6.45) is 15.3. The summed E-state index contributed by atoms with van der Waals surface area (Å²) < 4.78 is 5.82. The molecule has 4 aliphatic rings. The SMILES string of the molecule is CN(C)C1CCN(C(=O)c2cccc(Nc3cc4nc5c(cnn35)CCCCC(=O)Nc3cccc(c3)N4)c2)C1.O=C1CCCCc2cnn3c(NC4CC4)cc(c[n+]23)Nc2cccc(c2)N1. The van der Waals surface area contributed by atoms with E-state index in [9.17, 15) is 14.4 Å². The average Bonchev–Trinajstić information content (AvgIpc) is 3.62. The minimum atomic E-state index is 0.0143. The Morgan fingerprint density at radius 2 is 1.40 bits per heavy atom. The normalized spacial score (nSPS) is 17.4. The molecule has 1 saturated carbocycles. The first-order valence-corrected chi connectivity index (χ1v) is 23.4. The molecule has 1 atom stereocenters. The molecule has 1 aliphatic carbocycles. The molecule has 6 N–H and O–H groups in total. The number of carbonyl (C=O) groups excluding carboxylic acids is 3. The molecule has 0 spiro atoms. The Morgan fingerprint density at radius 1 is 0.716 bits per heavy atom. The van der Waals surface area contributed by atoms with Crippen molar-refractivity contribution in [3.63, 3.8) is 0 Å². The van der Waals surface area contributed by atoms with Gasteiger partial charge in [-0.2, -0.15) is 9.61 Å². The van der Waals surface area contributed by atoms with Crippen LogP contribution in [0.1, 0.15) is 79.4 Å². The fourth-order valence-electron chi connectivity index (χ4n) is 8.88. The topological polar surface area (TPSA) is 181 Å². The van der Waals surface area contributed by atoms with E-state index in [1.54, 1.807) is 4.52 Å². The van der Waals surface area contributed by atoms with Gasteiger partial charge in [0.05, 0.1) is 11.9 Å². The van der Waals surface area contributed by atoms with Crippen LogP contribution in [0.5, 0.6) is 0 Å². The molecule has 8 bridgehead atoms. The molecule has 3 aromatic carbocycles. The second-order valence-corrected chi connectivity index (χ2v) is 18.1. The van der Waals surface area contributed by atoms with E-state index in [0.717, 1.165) is 121 Å². The highest BCUT2D eigenvalue weighted by Crippen LogP contribution is 2.30. The van der Waals surface area contributed by atoms with Crippen LogP contribution in [0.3, 0.4) is 0 Å². The standard InChI is InChI=1S/C30H34N8O2.C20H22N6O/c1-36(2)25-13-14-37(19-25)30(40)20-8-5-9-22(15-20)33-27-17-26-32-23-10-6-11-24(16-23)34-28(39)12-4-3-7-21-18-31-38(27)29(21)35-26;27-20-7-2-1-6-18-12-21-26-19(23-14-8-9-14)11-17(13-25(18)26)22-15-4-3-5-16(10-15)24-20/h5-6,8-11,15-18,25,33H,3-4,7,12-14,19H2,1-2H3,(H,32,35)(H,34,39);3-5,10-14H,1-2,6-9H2,(H2-,21,22,23,24,27)/p+1. The molecule has 17 nitrogen and oxygen atoms in total. The number of benzene rings is 3. The highest BCUT2D eigenvalue weighted by Gasteiger charge is 2.29. The zero-order chi connectivity index (χ0) is 45.9. The smallest absolute Gasteiger partial charge is 0.253 e. The molecule has 0 radical (unpaired) electrons. The minimum absolute atomic E-state index is 0.0143. The lowest BCUT2D eigenvalue weighted by atomic mass is 10.1. The van der Waals surface area contributed by atoms with Crippen LogP contribution in [0.2, 0.25) is 0 Å². The summed E-state index contributed by atoms with van der Waals surface area (Å²) >= 11 is 0. The van der Waals surface area contributed by atoms with Crippen molar-refractivity contribution in [1.29, 1.82) is 0 Å². The van der Waals surface area contributed by atoms with E-state index in [4.69, 9.17) is 4.98 Å². The molecular formula is C50H57N14O3+. The molecule has 1 saturated heterocycles. The molecule has 4 aromatic heterocycles. The third-order valence-corrected chi connectivity index (χ3v) is 12.7. The van der Waals surface area contributed by atoms with E-state index < -0.39 is 0 Å². The Bertz CT molecular complexity index is 2960. The Balaban J connectivity index is 0.000000169. The Morgan fingerprint density at radius 3 is 2.12 bits per heavy atom. The van der Waals surface area contributed by atoms with Crippen LogP contribution in [-0.4, -0.2) is 91.1 Å². The van der Waals surface area contributed by atoms with Gasteiger partial charge in [0.1, 0.15) is 17.8 Å². The predicted molar refractivity (Wildman–Crippen MR) is 260 cm³/mol. The summed E-state index contributed by atoms with van der Waals surface area (Å²) in [4.78, 5) is 46.8. The molecule has 344 valence electrons. The molecule has 1 unspecified atom stereocenters. The lowest BCUT2D eigenvalue weighted by Crippen LogP contribution is -2.34. The number of rotatable bonds is 6. The van der Waals surface area contributed by atoms with Crippen molar-refractivity contribution in [1.82, 2.24) is 34.1 Å². The van der Waals surface area contributed by atoms with Crippen LogP contribution < -0.4 is 36.4 Å². The van der Waals surface area contributed by atoms with Crippen LogP contribution in [0.25, 0.3) is 5.65 Å². The number of aromatic nitrogens is 6. The van der Waals surface area contributed by atoms with Gasteiger partial charge in [-0.05, 0) is 120 Å². The van der Waals surface area contributed by atoms with Crippen molar-refractivity contribution < 1.29 is 18.9 Å². The molecule has 67 heavy (non-hydrogen) atoms. The van der Waals surface area contributed by atoms with E-state index in [2.05, 4.69) is 77.9 Å². The number of nitrogens with zero attached hydrogens (tertiary/aromatic N) is 8. The highest BCUT2D eigenvalue weighted by molar-refractivity contribution is 5.96. The van der Waals surface area contributed by atoms with Crippen LogP contribution in [0.4, 0.5) is 51.6 Å². The van der Waals surface area contributed by atoms with Crippen LogP contribution in [0, 0.1) is 0 Å². The summed E-state index contributed by atoms with van der Waals surface area (Å²) in [5.74, 6) is 2.49. The van der Waals surface area contributed by atoms with Crippen molar-refractivity contribution in [2.45, 2.75) is 82.7 Å². The fourth-order valence-corrected chi connectivity index (χ4v) is 8.88. The molecule has 7 aromatic rings. The zero-order valence-corrected chi connectivity index (χ0v) is 38.0. The lowest BCUT2D eigenvalue weighted by Gasteiger charge is -2.20. The number of nitrogens with one attached hydrogen (secondary N) is 6. The van der Waals surface area contributed by atoms with Crippen molar-refractivity contribution in [3.05, 3.63) is 120 Å². The number of fused-ring (bicyclic) bond motifs is 6. The molecule has 7 heterocycles. The van der Waals surface area contributed by atoms with Crippen LogP contribution >= 0.6 is 0 Å². The number of likely N-dealkylation sites (tertiary alicyclic amines) is 1. The Labute approximate surface area is 388 Å². The number of likely N-dealkylation sites (N-methyl/N-ethyl adjacent to an activating group) is 1. The van der Waals surface area contributed by atoms with Crippen LogP contribution in [0.15, 0.2) is 104 Å². The number of carbonyl (C=O) groups is 3. The van der Waals surface area contributed by atoms with E-state index in [0.29, 0.717) is 36.3 Å². The number of hydrogen-bond acceptors (Lipinski definition) is 11. The van der Waals surface area contributed by atoms with Crippen molar-refractivity contribution in [2.24, 2.45) is 0 Å². The van der Waals surface area contributed by atoms with Gasteiger partial charge in [-0.1, -0.05) is 18.2 Å². The number of hydrogen-bond donors (Lipinski definition) is 6. The maximum Gasteiger partial charge on any atom is 0.253 e.